The summed E-state index contributed by atoms with van der Waals surface area (Å²) in [4.78, 5) is 22.0. The molecule has 1 fully saturated rings. The minimum atomic E-state index is -0.173. The van der Waals surface area contributed by atoms with E-state index in [1.165, 1.54) is 0 Å². The Morgan fingerprint density at radius 3 is 2.79 bits per heavy atom. The molecule has 1 saturated heterocycles. The number of hydrogen-bond acceptors (Lipinski definition) is 6. The van der Waals surface area contributed by atoms with Crippen LogP contribution in [0.3, 0.4) is 0 Å². The number of methoxy groups -OCH3 is 2. The molecule has 8 nitrogen and oxygen atoms in total. The van der Waals surface area contributed by atoms with Gasteiger partial charge < -0.3 is 29.4 Å². The SMILES string of the molecule is COc1cc2cc(CN(Cc3cccnc3)C(=S)NCC3CCCO3)c(=O)[nH]c2cc1OC. The summed E-state index contributed by atoms with van der Waals surface area (Å²) in [5.41, 5.74) is 2.11. The Balaban J connectivity index is 1.60. The van der Waals surface area contributed by atoms with Crippen molar-refractivity contribution >= 4 is 28.2 Å². The number of aromatic amines is 1. The third-order valence-electron chi connectivity index (χ3n) is 5.67. The van der Waals surface area contributed by atoms with Crippen molar-refractivity contribution in [3.05, 3.63) is 64.2 Å². The van der Waals surface area contributed by atoms with Gasteiger partial charge in [0.2, 0.25) is 0 Å². The summed E-state index contributed by atoms with van der Waals surface area (Å²) in [6.07, 6.45) is 5.79. The average molecular weight is 469 g/mol. The lowest BCUT2D eigenvalue weighted by atomic mass is 10.1. The van der Waals surface area contributed by atoms with Gasteiger partial charge in [0.25, 0.3) is 5.56 Å². The number of nitrogens with zero attached hydrogens (tertiary/aromatic N) is 2. The molecule has 4 rings (SSSR count). The first-order chi connectivity index (χ1) is 16.1. The fourth-order valence-corrected chi connectivity index (χ4v) is 4.14. The first-order valence-corrected chi connectivity index (χ1v) is 11.3. The zero-order valence-corrected chi connectivity index (χ0v) is 19.6. The van der Waals surface area contributed by atoms with E-state index in [0.717, 1.165) is 30.4 Å². The molecule has 174 valence electrons. The summed E-state index contributed by atoms with van der Waals surface area (Å²) in [6.45, 7) is 2.30. The lowest BCUT2D eigenvalue weighted by Crippen LogP contribution is -2.42. The molecule has 1 aromatic carbocycles. The molecule has 0 radical (unpaired) electrons. The highest BCUT2D eigenvalue weighted by atomic mass is 32.1. The maximum atomic E-state index is 12.9. The van der Waals surface area contributed by atoms with Crippen LogP contribution in [-0.4, -0.2) is 53.5 Å². The van der Waals surface area contributed by atoms with Crippen LogP contribution in [0, 0.1) is 0 Å². The zero-order chi connectivity index (χ0) is 23.2. The highest BCUT2D eigenvalue weighted by molar-refractivity contribution is 7.80. The molecule has 3 aromatic rings. The zero-order valence-electron chi connectivity index (χ0n) is 18.8. The number of H-pyrrole nitrogens is 1. The Bertz CT molecular complexity index is 1160. The van der Waals surface area contributed by atoms with Gasteiger partial charge in [0.15, 0.2) is 16.6 Å². The normalized spacial score (nSPS) is 15.4. The molecule has 0 amide bonds. The number of fused-ring (bicyclic) bond motifs is 1. The highest BCUT2D eigenvalue weighted by Gasteiger charge is 2.19. The smallest absolute Gasteiger partial charge is 0.253 e. The van der Waals surface area contributed by atoms with Crippen molar-refractivity contribution in [2.75, 3.05) is 27.4 Å². The summed E-state index contributed by atoms with van der Waals surface area (Å²) in [7, 11) is 3.15. The van der Waals surface area contributed by atoms with Crippen LogP contribution < -0.4 is 20.3 Å². The van der Waals surface area contributed by atoms with Crippen LogP contribution in [0.4, 0.5) is 0 Å². The molecule has 0 bridgehead atoms. The Morgan fingerprint density at radius 2 is 2.09 bits per heavy atom. The number of hydrogen-bond donors (Lipinski definition) is 2. The second-order valence-electron chi connectivity index (χ2n) is 7.96. The quantitative estimate of drug-likeness (QED) is 0.488. The Kier molecular flexibility index (Phi) is 7.41. The largest absolute Gasteiger partial charge is 0.493 e. The van der Waals surface area contributed by atoms with E-state index in [9.17, 15) is 4.79 Å². The Morgan fingerprint density at radius 1 is 1.27 bits per heavy atom. The molecular weight excluding hydrogens is 440 g/mol. The van der Waals surface area contributed by atoms with Gasteiger partial charge in [-0.1, -0.05) is 6.07 Å². The van der Waals surface area contributed by atoms with Gasteiger partial charge in [-0.05, 0) is 48.8 Å². The maximum absolute atomic E-state index is 12.9. The van der Waals surface area contributed by atoms with Gasteiger partial charge in [0.05, 0.1) is 32.4 Å². The van der Waals surface area contributed by atoms with E-state index in [1.54, 1.807) is 32.7 Å². The minimum Gasteiger partial charge on any atom is -0.493 e. The van der Waals surface area contributed by atoms with Gasteiger partial charge in [-0.15, -0.1) is 0 Å². The molecule has 1 aliphatic rings. The van der Waals surface area contributed by atoms with Crippen molar-refractivity contribution < 1.29 is 14.2 Å². The first kappa shape index (κ1) is 23.0. The second kappa shape index (κ2) is 10.6. The van der Waals surface area contributed by atoms with E-state index < -0.39 is 0 Å². The molecule has 2 N–H and O–H groups in total. The summed E-state index contributed by atoms with van der Waals surface area (Å²) in [6, 6.07) is 9.37. The van der Waals surface area contributed by atoms with Gasteiger partial charge in [-0.2, -0.15) is 0 Å². The van der Waals surface area contributed by atoms with E-state index >= 15 is 0 Å². The summed E-state index contributed by atoms with van der Waals surface area (Å²) >= 11 is 5.71. The number of ether oxygens (including phenoxy) is 3. The summed E-state index contributed by atoms with van der Waals surface area (Å²) in [5, 5.41) is 4.74. The average Bonchev–Trinajstić information content (AvgIpc) is 3.36. The van der Waals surface area contributed by atoms with Crippen LogP contribution in [0.1, 0.15) is 24.0 Å². The molecular formula is C24H28N4O4S. The molecule has 9 heteroatoms. The number of rotatable bonds is 8. The van der Waals surface area contributed by atoms with Crippen LogP contribution in [-0.2, 0) is 17.8 Å². The van der Waals surface area contributed by atoms with Crippen molar-refractivity contribution in [3.8, 4) is 11.5 Å². The molecule has 33 heavy (non-hydrogen) atoms. The van der Waals surface area contributed by atoms with E-state index in [2.05, 4.69) is 15.3 Å². The molecule has 1 unspecified atom stereocenters. The molecule has 0 aliphatic carbocycles. The summed E-state index contributed by atoms with van der Waals surface area (Å²) in [5.74, 6) is 1.16. The Labute approximate surface area is 197 Å². The second-order valence-corrected chi connectivity index (χ2v) is 8.34. The molecule has 1 aliphatic heterocycles. The van der Waals surface area contributed by atoms with Crippen LogP contribution in [0.15, 0.2) is 47.5 Å². The van der Waals surface area contributed by atoms with E-state index in [-0.39, 0.29) is 11.7 Å². The number of pyridine rings is 2. The molecule has 0 saturated carbocycles. The predicted octanol–water partition coefficient (Wildman–Crippen LogP) is 3.00. The van der Waals surface area contributed by atoms with E-state index in [1.807, 2.05) is 29.2 Å². The van der Waals surface area contributed by atoms with Crippen molar-refractivity contribution in [2.45, 2.75) is 32.0 Å². The van der Waals surface area contributed by atoms with Crippen molar-refractivity contribution in [1.29, 1.82) is 0 Å². The van der Waals surface area contributed by atoms with Crippen LogP contribution in [0.2, 0.25) is 0 Å². The molecule has 1 atom stereocenters. The van der Waals surface area contributed by atoms with Gasteiger partial charge in [-0.25, -0.2) is 0 Å². The molecule has 3 heterocycles. The van der Waals surface area contributed by atoms with Crippen LogP contribution in [0.25, 0.3) is 10.9 Å². The number of thiocarbonyl (C=S) groups is 1. The predicted molar refractivity (Wildman–Crippen MR) is 131 cm³/mol. The van der Waals surface area contributed by atoms with Crippen LogP contribution >= 0.6 is 12.2 Å². The maximum Gasteiger partial charge on any atom is 0.253 e. The lowest BCUT2D eigenvalue weighted by Gasteiger charge is -2.26. The standard InChI is InChI=1S/C24H28N4O4S/c1-30-21-10-17-9-18(23(29)27-20(17)11-22(21)31-2)15-28(14-16-5-3-7-25-12-16)24(33)26-13-19-6-4-8-32-19/h3,5,7,9-12,19H,4,6,8,13-15H2,1-2H3,(H,26,33)(H,27,29). The van der Waals surface area contributed by atoms with E-state index in [4.69, 9.17) is 26.4 Å². The third kappa shape index (κ3) is 5.61. The number of nitrogens with one attached hydrogen (secondary N) is 2. The van der Waals surface area contributed by atoms with Gasteiger partial charge in [0.1, 0.15) is 0 Å². The Hall–Kier alpha value is -3.17. The summed E-state index contributed by atoms with van der Waals surface area (Å²) < 4.78 is 16.5. The number of benzene rings is 1. The van der Waals surface area contributed by atoms with Gasteiger partial charge >= 0.3 is 0 Å². The third-order valence-corrected chi connectivity index (χ3v) is 6.08. The lowest BCUT2D eigenvalue weighted by molar-refractivity contribution is 0.113. The first-order valence-electron chi connectivity index (χ1n) is 10.9. The molecule has 2 aromatic heterocycles. The van der Waals surface area contributed by atoms with Crippen molar-refractivity contribution in [2.24, 2.45) is 0 Å². The van der Waals surface area contributed by atoms with Crippen molar-refractivity contribution in [3.63, 3.8) is 0 Å². The topological polar surface area (TPSA) is 88.7 Å². The van der Waals surface area contributed by atoms with Gasteiger partial charge in [0, 0.05) is 49.1 Å². The van der Waals surface area contributed by atoms with Crippen LogP contribution in [0.5, 0.6) is 11.5 Å². The van der Waals surface area contributed by atoms with Gasteiger partial charge in [-0.3, -0.25) is 9.78 Å². The monoisotopic (exact) mass is 468 g/mol. The molecule has 0 spiro atoms. The highest BCUT2D eigenvalue weighted by Crippen LogP contribution is 2.31. The fourth-order valence-electron chi connectivity index (χ4n) is 3.93. The van der Waals surface area contributed by atoms with Crippen molar-refractivity contribution in [1.82, 2.24) is 20.2 Å². The number of aromatic nitrogens is 2. The minimum absolute atomic E-state index is 0.162. The fraction of sp³-hybridized carbons (Fsp3) is 0.375. The van der Waals surface area contributed by atoms with E-state index in [0.29, 0.717) is 47.3 Å².